The van der Waals surface area contributed by atoms with E-state index in [0.29, 0.717) is 16.9 Å². The van der Waals surface area contributed by atoms with Crippen LogP contribution in [-0.4, -0.2) is 28.8 Å². The van der Waals surface area contributed by atoms with E-state index in [1.807, 2.05) is 0 Å². The summed E-state index contributed by atoms with van der Waals surface area (Å²) in [5, 5.41) is 11.9. The fourth-order valence-corrected chi connectivity index (χ4v) is 4.26. The number of anilines is 2. The number of carbonyl (C=O) groups excluding carboxylic acids is 3. The molecule has 0 bridgehead atoms. The zero-order chi connectivity index (χ0) is 21.4. The van der Waals surface area contributed by atoms with Crippen molar-refractivity contribution in [2.24, 2.45) is 11.8 Å². The fourth-order valence-electron chi connectivity index (χ4n) is 4.26. The Morgan fingerprint density at radius 2 is 1.50 bits per heavy atom. The third-order valence-corrected chi connectivity index (χ3v) is 5.96. The lowest BCUT2D eigenvalue weighted by Crippen LogP contribution is -2.30. The van der Waals surface area contributed by atoms with Gasteiger partial charge in [0.2, 0.25) is 11.8 Å². The second-order valence-corrected chi connectivity index (χ2v) is 7.85. The van der Waals surface area contributed by atoms with Crippen LogP contribution in [0.2, 0.25) is 0 Å². The van der Waals surface area contributed by atoms with Crippen molar-refractivity contribution in [3.63, 3.8) is 0 Å². The number of aromatic carboxylic acids is 1. The first kappa shape index (κ1) is 19.8. The summed E-state index contributed by atoms with van der Waals surface area (Å²) in [6.45, 7) is 1.77. The minimum absolute atomic E-state index is 0.0822. The van der Waals surface area contributed by atoms with Crippen LogP contribution in [0.4, 0.5) is 11.4 Å². The van der Waals surface area contributed by atoms with E-state index in [0.717, 1.165) is 31.2 Å². The van der Waals surface area contributed by atoms with Gasteiger partial charge in [-0.05, 0) is 61.7 Å². The van der Waals surface area contributed by atoms with Crippen molar-refractivity contribution in [1.29, 1.82) is 0 Å². The first-order valence-electron chi connectivity index (χ1n) is 10.00. The molecule has 2 aliphatic rings. The number of amides is 3. The van der Waals surface area contributed by atoms with E-state index < -0.39 is 11.9 Å². The topological polar surface area (TPSA) is 104 Å². The van der Waals surface area contributed by atoms with Crippen LogP contribution in [0.3, 0.4) is 0 Å². The van der Waals surface area contributed by atoms with Crippen molar-refractivity contribution in [2.45, 2.75) is 32.6 Å². The number of fused-ring (bicyclic) bond motifs is 1. The van der Waals surface area contributed by atoms with Crippen LogP contribution in [0, 0.1) is 18.8 Å². The molecule has 7 nitrogen and oxygen atoms in total. The summed E-state index contributed by atoms with van der Waals surface area (Å²) in [6, 6.07) is 10.8. The van der Waals surface area contributed by atoms with Gasteiger partial charge in [-0.1, -0.05) is 18.9 Å². The summed E-state index contributed by atoms with van der Waals surface area (Å²) >= 11 is 0. The molecule has 1 aliphatic heterocycles. The summed E-state index contributed by atoms with van der Waals surface area (Å²) in [5.74, 6) is -2.22. The SMILES string of the molecule is Cc1ccc(C(=O)O)cc1NC(=O)c1ccc(N2C(=O)[C@H]3CCCC[C@H]3C2=O)cc1. The number of carboxylic acids is 1. The maximum atomic E-state index is 12.7. The third-order valence-electron chi connectivity index (χ3n) is 5.96. The van der Waals surface area contributed by atoms with Crippen LogP contribution in [0.1, 0.15) is 52.0 Å². The predicted octanol–water partition coefficient (Wildman–Crippen LogP) is 3.63. The molecule has 1 aliphatic carbocycles. The van der Waals surface area contributed by atoms with Crippen LogP contribution in [0.5, 0.6) is 0 Å². The molecule has 1 heterocycles. The molecule has 2 fully saturated rings. The molecule has 2 N–H and O–H groups in total. The molecular weight excluding hydrogens is 384 g/mol. The van der Waals surface area contributed by atoms with Crippen LogP contribution in [-0.2, 0) is 9.59 Å². The maximum Gasteiger partial charge on any atom is 0.335 e. The standard InChI is InChI=1S/C23H22N2O5/c1-13-6-7-15(23(29)30)12-19(13)24-20(26)14-8-10-16(11-9-14)25-21(27)17-4-2-3-5-18(17)22(25)28/h6-12,17-18H,2-5H2,1H3,(H,24,26)(H,29,30)/t17-,18+. The number of nitrogens with zero attached hydrogens (tertiary/aromatic N) is 1. The molecule has 2 aromatic carbocycles. The molecule has 1 saturated heterocycles. The Hall–Kier alpha value is -3.48. The third kappa shape index (κ3) is 3.47. The number of nitrogens with one attached hydrogen (secondary N) is 1. The summed E-state index contributed by atoms with van der Waals surface area (Å²) in [6.07, 6.45) is 3.44. The average Bonchev–Trinajstić information content (AvgIpc) is 3.00. The van der Waals surface area contributed by atoms with Gasteiger partial charge in [0.1, 0.15) is 0 Å². The normalized spacial score (nSPS) is 20.8. The van der Waals surface area contributed by atoms with Crippen molar-refractivity contribution in [3.05, 3.63) is 59.2 Å². The monoisotopic (exact) mass is 406 g/mol. The van der Waals surface area contributed by atoms with E-state index in [1.165, 1.54) is 17.0 Å². The lowest BCUT2D eigenvalue weighted by atomic mass is 9.81. The van der Waals surface area contributed by atoms with Crippen LogP contribution in [0.25, 0.3) is 0 Å². The van der Waals surface area contributed by atoms with Crippen LogP contribution in [0.15, 0.2) is 42.5 Å². The first-order valence-corrected chi connectivity index (χ1v) is 10.00. The van der Waals surface area contributed by atoms with Gasteiger partial charge in [0.05, 0.1) is 23.1 Å². The Balaban J connectivity index is 1.52. The van der Waals surface area contributed by atoms with Gasteiger partial charge in [0, 0.05) is 11.3 Å². The minimum atomic E-state index is -1.07. The molecule has 0 radical (unpaired) electrons. The molecule has 0 aromatic heterocycles. The second kappa shape index (κ2) is 7.74. The van der Waals surface area contributed by atoms with E-state index in [2.05, 4.69) is 5.32 Å². The van der Waals surface area contributed by atoms with E-state index in [9.17, 15) is 19.2 Å². The van der Waals surface area contributed by atoms with E-state index in [4.69, 9.17) is 5.11 Å². The number of hydrogen-bond acceptors (Lipinski definition) is 4. The Morgan fingerprint density at radius 3 is 2.07 bits per heavy atom. The van der Waals surface area contributed by atoms with Gasteiger partial charge >= 0.3 is 5.97 Å². The van der Waals surface area contributed by atoms with E-state index >= 15 is 0 Å². The molecule has 3 amide bonds. The highest BCUT2D eigenvalue weighted by Crippen LogP contribution is 2.40. The first-order chi connectivity index (χ1) is 14.4. The summed E-state index contributed by atoms with van der Waals surface area (Å²) < 4.78 is 0. The molecule has 4 rings (SSSR count). The van der Waals surface area contributed by atoms with Crippen molar-refractivity contribution in [2.75, 3.05) is 10.2 Å². The number of benzene rings is 2. The number of hydrogen-bond donors (Lipinski definition) is 2. The zero-order valence-electron chi connectivity index (χ0n) is 16.6. The molecule has 0 unspecified atom stereocenters. The van der Waals surface area contributed by atoms with Crippen LogP contribution >= 0.6 is 0 Å². The van der Waals surface area contributed by atoms with Crippen molar-refractivity contribution >= 4 is 35.1 Å². The highest BCUT2D eigenvalue weighted by Gasteiger charge is 2.48. The molecular formula is C23H22N2O5. The van der Waals surface area contributed by atoms with Gasteiger partial charge in [-0.15, -0.1) is 0 Å². The quantitative estimate of drug-likeness (QED) is 0.755. The number of aryl methyl sites for hydroxylation is 1. The second-order valence-electron chi connectivity index (χ2n) is 7.85. The van der Waals surface area contributed by atoms with Gasteiger partial charge in [0.15, 0.2) is 0 Å². The highest BCUT2D eigenvalue weighted by atomic mass is 16.4. The smallest absolute Gasteiger partial charge is 0.335 e. The molecule has 0 spiro atoms. The molecule has 154 valence electrons. The number of carbonyl (C=O) groups is 4. The lowest BCUT2D eigenvalue weighted by Gasteiger charge is -2.19. The van der Waals surface area contributed by atoms with Gasteiger partial charge in [-0.3, -0.25) is 19.3 Å². The van der Waals surface area contributed by atoms with Gasteiger partial charge in [-0.25, -0.2) is 4.79 Å². The largest absolute Gasteiger partial charge is 0.478 e. The fraction of sp³-hybridized carbons (Fsp3) is 0.304. The molecule has 1 saturated carbocycles. The lowest BCUT2D eigenvalue weighted by molar-refractivity contribution is -0.122. The molecule has 30 heavy (non-hydrogen) atoms. The molecule has 2 aromatic rings. The van der Waals surface area contributed by atoms with Gasteiger partial charge in [-0.2, -0.15) is 0 Å². The Bertz CT molecular complexity index is 1020. The summed E-state index contributed by atoms with van der Waals surface area (Å²) in [5.41, 5.74) is 2.05. The van der Waals surface area contributed by atoms with E-state index in [-0.39, 0.29) is 29.2 Å². The van der Waals surface area contributed by atoms with Gasteiger partial charge in [0.25, 0.3) is 5.91 Å². The Labute approximate surface area is 173 Å². The molecule has 2 atom stereocenters. The van der Waals surface area contributed by atoms with Gasteiger partial charge < -0.3 is 10.4 Å². The van der Waals surface area contributed by atoms with Crippen molar-refractivity contribution in [3.8, 4) is 0 Å². The zero-order valence-corrected chi connectivity index (χ0v) is 16.6. The summed E-state index contributed by atoms with van der Waals surface area (Å²) in [4.78, 5) is 50.4. The summed E-state index contributed by atoms with van der Waals surface area (Å²) in [7, 11) is 0. The Kier molecular flexibility index (Phi) is 5.11. The minimum Gasteiger partial charge on any atom is -0.478 e. The van der Waals surface area contributed by atoms with Crippen molar-refractivity contribution < 1.29 is 24.3 Å². The predicted molar refractivity (Wildman–Crippen MR) is 110 cm³/mol. The van der Waals surface area contributed by atoms with E-state index in [1.54, 1.807) is 37.3 Å². The number of imide groups is 1. The Morgan fingerprint density at radius 1 is 0.933 bits per heavy atom. The number of rotatable bonds is 4. The molecule has 7 heteroatoms. The average molecular weight is 406 g/mol. The maximum absolute atomic E-state index is 12.7. The highest BCUT2D eigenvalue weighted by molar-refractivity contribution is 6.22. The number of carboxylic acid groups (broad SMARTS) is 1. The van der Waals surface area contributed by atoms with Crippen LogP contribution < -0.4 is 10.2 Å². The van der Waals surface area contributed by atoms with Crippen molar-refractivity contribution in [1.82, 2.24) is 0 Å².